The second-order valence-electron chi connectivity index (χ2n) is 13.0. The zero-order chi connectivity index (χ0) is 33.0. The molecule has 1 fully saturated rings. The van der Waals surface area contributed by atoms with Gasteiger partial charge >= 0.3 is 0 Å². The molecule has 2 aliphatic heterocycles. The van der Waals surface area contributed by atoms with Gasteiger partial charge in [0.05, 0.1) is 36.7 Å². The van der Waals surface area contributed by atoms with Gasteiger partial charge in [0.2, 0.25) is 21.8 Å². The fraction of sp³-hybridized carbons (Fsp3) is 0.588. The van der Waals surface area contributed by atoms with Gasteiger partial charge in [-0.3, -0.25) is 14.5 Å². The van der Waals surface area contributed by atoms with E-state index in [-0.39, 0.29) is 42.9 Å². The number of carbonyl (C=O) groups excluding carboxylic acids is 2. The fourth-order valence-corrected chi connectivity index (χ4v) is 6.95. The topological polar surface area (TPSA) is 128 Å². The van der Waals surface area contributed by atoms with E-state index in [4.69, 9.17) is 4.74 Å². The van der Waals surface area contributed by atoms with Crippen LogP contribution in [0.25, 0.3) is 0 Å². The van der Waals surface area contributed by atoms with Gasteiger partial charge in [-0.15, -0.1) is 0 Å². The molecule has 0 radical (unpaired) electrons. The number of carbonyl (C=O) groups is 2. The molecule has 2 aromatic rings. The molecule has 4 rings (SSSR count). The Balaban J connectivity index is 0.00000130. The van der Waals surface area contributed by atoms with E-state index < -0.39 is 28.1 Å². The van der Waals surface area contributed by atoms with Crippen LogP contribution in [0.2, 0.25) is 0 Å². The van der Waals surface area contributed by atoms with Crippen molar-refractivity contribution in [3.63, 3.8) is 0 Å². The van der Waals surface area contributed by atoms with Crippen molar-refractivity contribution in [2.75, 3.05) is 45.9 Å². The number of fused-ring (bicyclic) bond motifs is 1. The number of amides is 2. The molecule has 3 N–H and O–H groups in total. The number of sulfonamides is 1. The van der Waals surface area contributed by atoms with Gasteiger partial charge in [0, 0.05) is 19.5 Å². The lowest BCUT2D eigenvalue weighted by Gasteiger charge is -2.31. The first-order valence-corrected chi connectivity index (χ1v) is 17.6. The van der Waals surface area contributed by atoms with Crippen LogP contribution in [0.15, 0.2) is 53.4 Å². The number of likely N-dealkylation sites (tertiary alicyclic amines) is 1. The highest BCUT2D eigenvalue weighted by Crippen LogP contribution is 2.29. The fourth-order valence-electron chi connectivity index (χ4n) is 5.27. The summed E-state index contributed by atoms with van der Waals surface area (Å²) >= 11 is 0. The maximum atomic E-state index is 13.8. The highest BCUT2D eigenvalue weighted by Gasteiger charge is 2.32. The average Bonchev–Trinajstić information content (AvgIpc) is 3.67. The molecular formula is C34H52N4O6S. The molecular weight excluding hydrogens is 592 g/mol. The Hall–Kier alpha value is -2.99. The second-order valence-corrected chi connectivity index (χ2v) is 14.9. The van der Waals surface area contributed by atoms with E-state index in [1.807, 2.05) is 49.1 Å². The van der Waals surface area contributed by atoms with Crippen LogP contribution in [0.3, 0.4) is 0 Å². The number of benzene rings is 2. The molecule has 2 aliphatic rings. The van der Waals surface area contributed by atoms with Crippen LogP contribution in [0.5, 0.6) is 5.75 Å². The molecule has 0 spiro atoms. The minimum atomic E-state index is -3.94. The van der Waals surface area contributed by atoms with E-state index in [0.29, 0.717) is 25.2 Å². The first-order chi connectivity index (χ1) is 21.3. The number of ether oxygens (including phenoxy) is 1. The van der Waals surface area contributed by atoms with Crippen molar-refractivity contribution >= 4 is 21.8 Å². The molecule has 10 nitrogen and oxygen atoms in total. The van der Waals surface area contributed by atoms with E-state index in [2.05, 4.69) is 31.4 Å². The highest BCUT2D eigenvalue weighted by molar-refractivity contribution is 7.89. The zero-order valence-electron chi connectivity index (χ0n) is 27.5. The third kappa shape index (κ3) is 12.0. The Labute approximate surface area is 269 Å². The van der Waals surface area contributed by atoms with Crippen molar-refractivity contribution in [1.82, 2.24) is 19.8 Å². The maximum Gasteiger partial charge on any atom is 0.243 e. The number of nitrogens with zero attached hydrogens (tertiary/aromatic N) is 2. The molecule has 45 heavy (non-hydrogen) atoms. The molecule has 2 amide bonds. The Morgan fingerprint density at radius 3 is 2.29 bits per heavy atom. The molecule has 11 heteroatoms. The summed E-state index contributed by atoms with van der Waals surface area (Å²) in [5.74, 6) is 0.855. The predicted molar refractivity (Wildman–Crippen MR) is 177 cm³/mol. The maximum absolute atomic E-state index is 13.8. The van der Waals surface area contributed by atoms with Gasteiger partial charge in [0.25, 0.3) is 0 Å². The van der Waals surface area contributed by atoms with Crippen molar-refractivity contribution in [3.05, 3.63) is 59.7 Å². The molecule has 2 aromatic carbocycles. The molecule has 250 valence electrons. The minimum Gasteiger partial charge on any atom is -0.493 e. The molecule has 0 saturated carbocycles. The van der Waals surface area contributed by atoms with E-state index in [1.54, 1.807) is 12.1 Å². The quantitative estimate of drug-likeness (QED) is 0.288. The third-order valence-electron chi connectivity index (χ3n) is 7.38. The number of rotatable bonds is 14. The lowest BCUT2D eigenvalue weighted by Crippen LogP contribution is -2.53. The Bertz CT molecular complexity index is 1330. The van der Waals surface area contributed by atoms with Gasteiger partial charge in [-0.05, 0) is 73.5 Å². The van der Waals surface area contributed by atoms with Gasteiger partial charge in [0.15, 0.2) is 0 Å². The van der Waals surface area contributed by atoms with E-state index >= 15 is 0 Å². The average molecular weight is 645 g/mol. The first-order valence-electron chi connectivity index (χ1n) is 16.1. The molecule has 2 atom stereocenters. The Morgan fingerprint density at radius 2 is 1.64 bits per heavy atom. The summed E-state index contributed by atoms with van der Waals surface area (Å²) in [4.78, 5) is 27.4. The summed E-state index contributed by atoms with van der Waals surface area (Å²) in [6.45, 7) is 12.6. The molecule has 1 saturated heterocycles. The van der Waals surface area contributed by atoms with Crippen molar-refractivity contribution in [2.24, 2.45) is 11.8 Å². The lowest BCUT2D eigenvalue weighted by molar-refractivity contribution is -0.127. The van der Waals surface area contributed by atoms with Crippen molar-refractivity contribution in [2.45, 2.75) is 77.3 Å². The van der Waals surface area contributed by atoms with Crippen molar-refractivity contribution in [3.8, 4) is 5.75 Å². The van der Waals surface area contributed by atoms with Crippen LogP contribution in [0.4, 0.5) is 0 Å². The summed E-state index contributed by atoms with van der Waals surface area (Å²) < 4.78 is 34.3. The van der Waals surface area contributed by atoms with Crippen LogP contribution in [-0.2, 0) is 32.5 Å². The van der Waals surface area contributed by atoms with E-state index in [0.717, 1.165) is 43.0 Å². The smallest absolute Gasteiger partial charge is 0.243 e. The predicted octanol–water partition coefficient (Wildman–Crippen LogP) is 3.23. The molecule has 0 aliphatic carbocycles. The number of hydrogen-bond donors (Lipinski definition) is 3. The SMILES string of the molecule is CC(C)C.CC(C)CN(C[C@@H](O)[C@H](Cc1ccccc1)NC(=O)CNC(=O)CN1CCCC1)S(=O)(=O)c1ccc2c(c1)CCO2. The summed E-state index contributed by atoms with van der Waals surface area (Å²) in [5.41, 5.74) is 1.73. The van der Waals surface area contributed by atoms with Crippen LogP contribution in [-0.4, -0.2) is 92.6 Å². The first kappa shape index (κ1) is 36.5. The van der Waals surface area contributed by atoms with Gasteiger partial charge in [0.1, 0.15) is 5.75 Å². The zero-order valence-corrected chi connectivity index (χ0v) is 28.3. The van der Waals surface area contributed by atoms with Crippen LogP contribution in [0.1, 0.15) is 58.6 Å². The van der Waals surface area contributed by atoms with Crippen molar-refractivity contribution < 1.29 is 27.9 Å². The summed E-state index contributed by atoms with van der Waals surface area (Å²) in [5, 5.41) is 16.9. The van der Waals surface area contributed by atoms with E-state index in [9.17, 15) is 23.1 Å². The van der Waals surface area contributed by atoms with Gasteiger partial charge in [-0.1, -0.05) is 65.0 Å². The molecule has 0 bridgehead atoms. The normalized spacial score (nSPS) is 16.1. The largest absolute Gasteiger partial charge is 0.493 e. The van der Waals surface area contributed by atoms with Crippen LogP contribution in [0, 0.1) is 11.8 Å². The van der Waals surface area contributed by atoms with Crippen LogP contribution < -0.4 is 15.4 Å². The van der Waals surface area contributed by atoms with Crippen molar-refractivity contribution in [1.29, 1.82) is 0 Å². The van der Waals surface area contributed by atoms with Gasteiger partial charge in [-0.2, -0.15) is 4.31 Å². The summed E-state index contributed by atoms with van der Waals surface area (Å²) in [6, 6.07) is 13.5. The van der Waals surface area contributed by atoms with Gasteiger partial charge < -0.3 is 20.5 Å². The van der Waals surface area contributed by atoms with Gasteiger partial charge in [-0.25, -0.2) is 8.42 Å². The number of aliphatic hydroxyl groups excluding tert-OH is 1. The second kappa shape index (κ2) is 17.6. The standard InChI is InChI=1S/C30H42N4O6S.C4H10/c1-22(2)19-34(41(38,39)25-10-11-28-24(17-25)12-15-40-28)20-27(35)26(16-23-8-4-3-5-9-23)32-29(36)18-31-30(37)21-33-13-6-7-14-33;1-4(2)3/h3-5,8-11,17,22,26-27,35H,6-7,12-16,18-21H2,1-2H3,(H,31,37)(H,32,36);4H,1-3H3/t26-,27+;/m0./s1. The molecule has 0 unspecified atom stereocenters. The number of hydrogen-bond acceptors (Lipinski definition) is 7. The minimum absolute atomic E-state index is 0.00252. The summed E-state index contributed by atoms with van der Waals surface area (Å²) in [7, 11) is -3.94. The monoisotopic (exact) mass is 644 g/mol. The third-order valence-corrected chi connectivity index (χ3v) is 9.21. The van der Waals surface area contributed by atoms with Crippen LogP contribution >= 0.6 is 0 Å². The summed E-state index contributed by atoms with van der Waals surface area (Å²) in [6.07, 6.45) is 1.87. The number of nitrogens with one attached hydrogen (secondary N) is 2. The lowest BCUT2D eigenvalue weighted by atomic mass is 10.0. The highest BCUT2D eigenvalue weighted by atomic mass is 32.2. The van der Waals surface area contributed by atoms with E-state index in [1.165, 1.54) is 10.4 Å². The molecule has 0 aromatic heterocycles. The number of aliphatic hydroxyl groups is 1. The molecule has 2 heterocycles. The Kier molecular flexibility index (Phi) is 14.3. The Morgan fingerprint density at radius 1 is 0.978 bits per heavy atom.